The number of ether oxygens (including phenoxy) is 6. The Morgan fingerprint density at radius 1 is 0.868 bits per heavy atom. The van der Waals surface area contributed by atoms with Crippen LogP contribution in [0.4, 0.5) is 0 Å². The van der Waals surface area contributed by atoms with Gasteiger partial charge in [-0.25, -0.2) is 0 Å². The van der Waals surface area contributed by atoms with E-state index in [0.29, 0.717) is 11.3 Å². The Morgan fingerprint density at radius 3 is 2.21 bits per heavy atom. The number of fused-ring (bicyclic) bond motifs is 1. The lowest BCUT2D eigenvalue weighted by atomic mass is 9.64. The second-order valence-electron chi connectivity index (χ2n) is 9.67. The molecule has 8 nitrogen and oxygen atoms in total. The van der Waals surface area contributed by atoms with Crippen molar-refractivity contribution in [3.63, 3.8) is 0 Å². The van der Waals surface area contributed by atoms with Gasteiger partial charge in [0, 0.05) is 7.11 Å². The van der Waals surface area contributed by atoms with Gasteiger partial charge in [-0.2, -0.15) is 0 Å². The quantitative estimate of drug-likeness (QED) is 0.413. The van der Waals surface area contributed by atoms with Crippen molar-refractivity contribution in [1.82, 2.24) is 0 Å². The van der Waals surface area contributed by atoms with E-state index < -0.39 is 34.8 Å². The average Bonchev–Trinajstić information content (AvgIpc) is 3.41. The summed E-state index contributed by atoms with van der Waals surface area (Å²) in [5.41, 5.74) is -0.862. The van der Waals surface area contributed by atoms with Crippen molar-refractivity contribution in [2.75, 3.05) is 20.8 Å². The number of hydrogen-bond donors (Lipinski definition) is 0. The average molecular weight is 517 g/mol. The summed E-state index contributed by atoms with van der Waals surface area (Å²) in [6.07, 6.45) is -1.13. The third-order valence-electron chi connectivity index (χ3n) is 7.76. The summed E-state index contributed by atoms with van der Waals surface area (Å²) in [5, 5.41) is 0. The molecule has 196 valence electrons. The van der Waals surface area contributed by atoms with Gasteiger partial charge in [0.15, 0.2) is 5.60 Å². The van der Waals surface area contributed by atoms with E-state index in [1.54, 1.807) is 12.1 Å². The summed E-state index contributed by atoms with van der Waals surface area (Å²) < 4.78 is 37.0. The van der Waals surface area contributed by atoms with Gasteiger partial charge in [0.05, 0.1) is 32.5 Å². The SMILES string of the molecule is COc1cccc2c1C(=O)[C@@]13OC(=O)C[C@]1(OC)OC[C@@]3(OCc1ccccc1)[C@@H]2OCc1ccccc1. The van der Waals surface area contributed by atoms with Crippen molar-refractivity contribution in [1.29, 1.82) is 0 Å². The molecule has 0 radical (unpaired) electrons. The number of benzene rings is 3. The molecule has 2 fully saturated rings. The number of hydrogen-bond acceptors (Lipinski definition) is 8. The lowest BCUT2D eigenvalue weighted by Gasteiger charge is -2.50. The predicted molar refractivity (Wildman–Crippen MR) is 134 cm³/mol. The molecule has 38 heavy (non-hydrogen) atoms. The van der Waals surface area contributed by atoms with Crippen LogP contribution in [0.5, 0.6) is 5.75 Å². The van der Waals surface area contributed by atoms with Gasteiger partial charge in [-0.1, -0.05) is 72.8 Å². The number of methoxy groups -OCH3 is 2. The molecule has 0 unspecified atom stereocenters. The monoisotopic (exact) mass is 516 g/mol. The first-order chi connectivity index (χ1) is 18.5. The van der Waals surface area contributed by atoms with Gasteiger partial charge in [0.1, 0.15) is 18.3 Å². The molecule has 0 N–H and O–H groups in total. The number of rotatable bonds is 8. The molecule has 1 aliphatic carbocycles. The first-order valence-electron chi connectivity index (χ1n) is 12.5. The van der Waals surface area contributed by atoms with E-state index in [1.807, 2.05) is 66.7 Å². The third kappa shape index (κ3) is 3.38. The van der Waals surface area contributed by atoms with E-state index in [2.05, 4.69) is 0 Å². The van der Waals surface area contributed by atoms with Crippen molar-refractivity contribution < 1.29 is 38.0 Å². The standard InChI is InChI=1S/C30H28O8/c1-33-23-15-9-14-22-25(23)26(32)30-28(36-18-21-12-7-4-8-13-21,19-37-29(30,34-2)16-24(31)38-30)27(22)35-17-20-10-5-3-6-11-20/h3-15,27H,16-19H2,1-2H3/t27-,28-,29+,30+/m1/s1. The molecule has 8 heteroatoms. The molecule has 0 saturated carbocycles. The zero-order valence-electron chi connectivity index (χ0n) is 21.2. The lowest BCUT2D eigenvalue weighted by molar-refractivity contribution is -0.258. The molecule has 1 spiro atoms. The molecule has 3 aliphatic rings. The summed E-state index contributed by atoms with van der Waals surface area (Å²) in [6, 6.07) is 24.6. The van der Waals surface area contributed by atoms with E-state index >= 15 is 0 Å². The summed E-state index contributed by atoms with van der Waals surface area (Å²) in [6.45, 7) is 0.251. The molecule has 3 aromatic rings. The molecule has 2 saturated heterocycles. The maximum atomic E-state index is 14.6. The van der Waals surface area contributed by atoms with Gasteiger partial charge in [-0.05, 0) is 22.8 Å². The largest absolute Gasteiger partial charge is 0.496 e. The molecule has 0 bridgehead atoms. The molecule has 6 rings (SSSR count). The maximum absolute atomic E-state index is 14.6. The van der Waals surface area contributed by atoms with E-state index in [1.165, 1.54) is 14.2 Å². The fourth-order valence-corrected chi connectivity index (χ4v) is 6.02. The molecular weight excluding hydrogens is 488 g/mol. The van der Waals surface area contributed by atoms with Crippen LogP contribution >= 0.6 is 0 Å². The maximum Gasteiger partial charge on any atom is 0.312 e. The normalized spacial score (nSPS) is 29.4. The van der Waals surface area contributed by atoms with Crippen LogP contribution in [0.25, 0.3) is 0 Å². The Balaban J connectivity index is 1.56. The lowest BCUT2D eigenvalue weighted by Crippen LogP contribution is -2.71. The van der Waals surface area contributed by atoms with Gasteiger partial charge in [0.25, 0.3) is 5.60 Å². The molecule has 3 aromatic carbocycles. The molecular formula is C30H28O8. The van der Waals surface area contributed by atoms with Gasteiger partial charge < -0.3 is 28.4 Å². The summed E-state index contributed by atoms with van der Waals surface area (Å²) in [7, 11) is 2.89. The Labute approximate surface area is 220 Å². The van der Waals surface area contributed by atoms with Crippen LogP contribution in [-0.4, -0.2) is 49.6 Å². The smallest absolute Gasteiger partial charge is 0.312 e. The van der Waals surface area contributed by atoms with Crippen LogP contribution in [0.3, 0.4) is 0 Å². The number of esters is 1. The fraction of sp³-hybridized carbons (Fsp3) is 0.333. The number of carbonyl (C=O) groups excluding carboxylic acids is 2. The third-order valence-corrected chi connectivity index (χ3v) is 7.76. The Hall–Kier alpha value is -3.56. The second-order valence-corrected chi connectivity index (χ2v) is 9.67. The fourth-order valence-electron chi connectivity index (χ4n) is 6.02. The van der Waals surface area contributed by atoms with Crippen LogP contribution in [0.15, 0.2) is 78.9 Å². The summed E-state index contributed by atoms with van der Waals surface area (Å²) >= 11 is 0. The van der Waals surface area contributed by atoms with Crippen molar-refractivity contribution in [3.8, 4) is 5.75 Å². The molecule has 0 aromatic heterocycles. The second kappa shape index (κ2) is 9.32. The molecule has 0 amide bonds. The van der Waals surface area contributed by atoms with Gasteiger partial charge in [-0.3, -0.25) is 9.59 Å². The van der Waals surface area contributed by atoms with E-state index in [-0.39, 0.29) is 31.8 Å². The summed E-state index contributed by atoms with van der Waals surface area (Å²) in [5.74, 6) is -2.47. The number of ketones is 1. The highest BCUT2D eigenvalue weighted by Crippen LogP contribution is 2.63. The van der Waals surface area contributed by atoms with Crippen LogP contribution in [-0.2, 0) is 41.7 Å². The van der Waals surface area contributed by atoms with Crippen molar-refractivity contribution in [2.24, 2.45) is 0 Å². The van der Waals surface area contributed by atoms with E-state index in [0.717, 1.165) is 11.1 Å². The first kappa shape index (κ1) is 24.8. The minimum absolute atomic E-state index is 0.0944. The minimum atomic E-state index is -1.95. The zero-order valence-corrected chi connectivity index (χ0v) is 21.2. The molecule has 2 heterocycles. The van der Waals surface area contributed by atoms with Crippen molar-refractivity contribution in [2.45, 2.75) is 42.7 Å². The minimum Gasteiger partial charge on any atom is -0.496 e. The highest BCUT2D eigenvalue weighted by atomic mass is 16.8. The first-order valence-corrected chi connectivity index (χ1v) is 12.5. The van der Waals surface area contributed by atoms with Crippen LogP contribution < -0.4 is 4.74 Å². The highest BCUT2D eigenvalue weighted by Gasteiger charge is 2.85. The number of carbonyl (C=O) groups is 2. The highest BCUT2D eigenvalue weighted by molar-refractivity contribution is 6.11. The van der Waals surface area contributed by atoms with Crippen LogP contribution in [0.2, 0.25) is 0 Å². The van der Waals surface area contributed by atoms with Gasteiger partial charge >= 0.3 is 5.97 Å². The molecule has 2 aliphatic heterocycles. The van der Waals surface area contributed by atoms with E-state index in [9.17, 15) is 9.59 Å². The Bertz CT molecular complexity index is 1360. The van der Waals surface area contributed by atoms with Crippen LogP contribution in [0.1, 0.15) is 39.6 Å². The Morgan fingerprint density at radius 2 is 1.55 bits per heavy atom. The summed E-state index contributed by atoms with van der Waals surface area (Å²) in [4.78, 5) is 27.5. The Kier molecular flexibility index (Phi) is 6.07. The van der Waals surface area contributed by atoms with Crippen molar-refractivity contribution in [3.05, 3.63) is 101 Å². The van der Waals surface area contributed by atoms with E-state index in [4.69, 9.17) is 28.4 Å². The topological polar surface area (TPSA) is 89.5 Å². The van der Waals surface area contributed by atoms with Crippen molar-refractivity contribution >= 4 is 11.8 Å². The zero-order chi connectivity index (χ0) is 26.4. The molecule has 4 atom stereocenters. The predicted octanol–water partition coefficient (Wildman–Crippen LogP) is 4.16. The number of Topliss-reactive ketones (excluding diaryl/α,β-unsaturated/α-hetero) is 1. The van der Waals surface area contributed by atoms with Gasteiger partial charge in [0.2, 0.25) is 11.6 Å². The van der Waals surface area contributed by atoms with Gasteiger partial charge in [-0.15, -0.1) is 0 Å². The van der Waals surface area contributed by atoms with Crippen LogP contribution in [0, 0.1) is 0 Å².